The van der Waals surface area contributed by atoms with Gasteiger partial charge in [-0.15, -0.1) is 0 Å². The van der Waals surface area contributed by atoms with E-state index in [2.05, 4.69) is 0 Å². The zero-order valence-corrected chi connectivity index (χ0v) is 6.76. The Bertz CT molecular complexity index is 98.3. The Morgan fingerprint density at radius 2 is 1.64 bits per heavy atom. The first-order valence-corrected chi connectivity index (χ1v) is 3.95. The molecule has 0 bridgehead atoms. The number of rotatable bonds is 5. The molecule has 0 rings (SSSR count). The quantitative estimate of drug-likeness (QED) is 0.660. The molecule has 0 aromatic carbocycles. The predicted octanol–water partition coefficient (Wildman–Crippen LogP) is 1.64. The van der Waals surface area contributed by atoms with Gasteiger partial charge in [0.2, 0.25) is 0 Å². The van der Waals surface area contributed by atoms with E-state index in [9.17, 15) is 4.79 Å². The summed E-state index contributed by atoms with van der Waals surface area (Å²) < 4.78 is 0. The molecule has 0 aliphatic rings. The third-order valence-corrected chi connectivity index (χ3v) is 1.62. The molecule has 1 N–H and O–H groups in total. The van der Waals surface area contributed by atoms with Crippen molar-refractivity contribution in [1.29, 1.82) is 0 Å². The number of carbonyl (C=O) groups is 1. The summed E-state index contributed by atoms with van der Waals surface area (Å²) in [4.78, 5) is 10.5. The van der Waals surface area contributed by atoms with Gasteiger partial charge in [-0.1, -0.05) is 26.7 Å². The SMILES string of the molecule is CCCC(CCC)C(=O)O.[KH]. The molecule has 62 valence electrons. The predicted molar refractivity (Wildman–Crippen MR) is 48.1 cm³/mol. The molecule has 0 fully saturated rings. The van der Waals surface area contributed by atoms with Gasteiger partial charge in [-0.3, -0.25) is 4.79 Å². The number of carboxylic acid groups (broad SMARTS) is 1. The van der Waals surface area contributed by atoms with Crippen LogP contribution in [0.2, 0.25) is 0 Å². The molecule has 0 spiro atoms. The van der Waals surface area contributed by atoms with Crippen molar-refractivity contribution in [2.24, 2.45) is 5.92 Å². The fourth-order valence-electron chi connectivity index (χ4n) is 1.09. The fourth-order valence-corrected chi connectivity index (χ4v) is 1.09. The molecule has 0 atom stereocenters. The van der Waals surface area contributed by atoms with Crippen LogP contribution in [0.5, 0.6) is 0 Å². The number of carboxylic acids is 1. The zero-order chi connectivity index (χ0) is 7.98. The third-order valence-electron chi connectivity index (χ3n) is 1.62. The maximum absolute atomic E-state index is 10.5. The van der Waals surface area contributed by atoms with Crippen LogP contribution in [0.3, 0.4) is 0 Å². The zero-order valence-electron chi connectivity index (χ0n) is 6.76. The van der Waals surface area contributed by atoms with Crippen molar-refractivity contribution in [3.8, 4) is 0 Å². The average Bonchev–Trinajstić information content (AvgIpc) is 1.87. The molecule has 0 aliphatic heterocycles. The van der Waals surface area contributed by atoms with Crippen LogP contribution in [0.25, 0.3) is 0 Å². The first kappa shape index (κ1) is 14.6. The van der Waals surface area contributed by atoms with E-state index in [0.717, 1.165) is 25.7 Å². The molecule has 11 heavy (non-hydrogen) atoms. The molecule has 0 saturated heterocycles. The summed E-state index contributed by atoms with van der Waals surface area (Å²) in [5.74, 6) is -0.737. The molecule has 0 saturated carbocycles. The molecule has 0 amide bonds. The molecular formula is C8H17KO2. The third kappa shape index (κ3) is 7.47. The van der Waals surface area contributed by atoms with Crippen molar-refractivity contribution in [3.05, 3.63) is 0 Å². The van der Waals surface area contributed by atoms with Gasteiger partial charge in [-0.05, 0) is 12.8 Å². The van der Waals surface area contributed by atoms with Gasteiger partial charge < -0.3 is 5.11 Å². The molecule has 0 unspecified atom stereocenters. The van der Waals surface area contributed by atoms with Gasteiger partial charge in [0.1, 0.15) is 0 Å². The van der Waals surface area contributed by atoms with Gasteiger partial charge in [0, 0.05) is 0 Å². The van der Waals surface area contributed by atoms with E-state index in [0.29, 0.717) is 0 Å². The minimum absolute atomic E-state index is 0. The first-order chi connectivity index (χ1) is 4.72. The minimum atomic E-state index is -0.635. The van der Waals surface area contributed by atoms with Gasteiger partial charge in [0.25, 0.3) is 0 Å². The van der Waals surface area contributed by atoms with Gasteiger partial charge in [0.15, 0.2) is 0 Å². The van der Waals surface area contributed by atoms with Crippen LogP contribution in [0.1, 0.15) is 39.5 Å². The standard InChI is InChI=1S/C8H16O2.K.H/c1-3-5-7(6-4-2)8(9)10;;/h7H,3-6H2,1-2H3,(H,9,10);;. The summed E-state index contributed by atoms with van der Waals surface area (Å²) in [5.41, 5.74) is 0. The Morgan fingerprint density at radius 1 is 1.27 bits per heavy atom. The van der Waals surface area contributed by atoms with E-state index >= 15 is 0 Å². The van der Waals surface area contributed by atoms with Gasteiger partial charge in [0.05, 0.1) is 5.92 Å². The van der Waals surface area contributed by atoms with E-state index in [1.165, 1.54) is 0 Å². The summed E-state index contributed by atoms with van der Waals surface area (Å²) in [5, 5.41) is 8.64. The second-order valence-electron chi connectivity index (χ2n) is 2.61. The van der Waals surface area contributed by atoms with Crippen LogP contribution in [0.4, 0.5) is 0 Å². The second-order valence-corrected chi connectivity index (χ2v) is 2.61. The van der Waals surface area contributed by atoms with Gasteiger partial charge >= 0.3 is 57.4 Å². The summed E-state index contributed by atoms with van der Waals surface area (Å²) in [7, 11) is 0. The van der Waals surface area contributed by atoms with Gasteiger partial charge in [-0.25, -0.2) is 0 Å². The van der Waals surface area contributed by atoms with Crippen molar-refractivity contribution in [2.45, 2.75) is 39.5 Å². The molecule has 0 radical (unpaired) electrons. The Kier molecular flexibility index (Phi) is 12.2. The average molecular weight is 184 g/mol. The van der Waals surface area contributed by atoms with Gasteiger partial charge in [-0.2, -0.15) is 0 Å². The second kappa shape index (κ2) is 9.20. The van der Waals surface area contributed by atoms with Crippen LogP contribution in [-0.2, 0) is 4.79 Å². The fraction of sp³-hybridized carbons (Fsp3) is 0.875. The number of aliphatic carboxylic acids is 1. The Morgan fingerprint density at radius 3 is 1.82 bits per heavy atom. The van der Waals surface area contributed by atoms with Crippen LogP contribution < -0.4 is 0 Å². The monoisotopic (exact) mass is 184 g/mol. The number of hydrogen-bond donors (Lipinski definition) is 1. The van der Waals surface area contributed by atoms with Crippen molar-refractivity contribution in [3.63, 3.8) is 0 Å². The summed E-state index contributed by atoms with van der Waals surface area (Å²) >= 11 is 0. The van der Waals surface area contributed by atoms with Crippen molar-refractivity contribution >= 4 is 57.4 Å². The molecule has 3 heteroatoms. The molecule has 0 aromatic heterocycles. The molecule has 2 nitrogen and oxygen atoms in total. The van der Waals surface area contributed by atoms with E-state index in [1.54, 1.807) is 0 Å². The van der Waals surface area contributed by atoms with Crippen molar-refractivity contribution in [1.82, 2.24) is 0 Å². The van der Waals surface area contributed by atoms with Crippen molar-refractivity contribution in [2.75, 3.05) is 0 Å². The van der Waals surface area contributed by atoms with E-state index in [4.69, 9.17) is 5.11 Å². The summed E-state index contributed by atoms with van der Waals surface area (Å²) in [6, 6.07) is 0. The Labute approximate surface area is 111 Å². The summed E-state index contributed by atoms with van der Waals surface area (Å²) in [6.07, 6.45) is 3.58. The van der Waals surface area contributed by atoms with E-state index in [1.807, 2.05) is 13.8 Å². The first-order valence-electron chi connectivity index (χ1n) is 3.95. The van der Waals surface area contributed by atoms with Crippen LogP contribution in [0.15, 0.2) is 0 Å². The van der Waals surface area contributed by atoms with Crippen LogP contribution in [-0.4, -0.2) is 62.5 Å². The van der Waals surface area contributed by atoms with Crippen molar-refractivity contribution < 1.29 is 9.90 Å². The molecule has 0 aliphatic carbocycles. The van der Waals surface area contributed by atoms with E-state index < -0.39 is 5.97 Å². The normalized spacial score (nSPS) is 9.36. The Hall–Kier alpha value is 1.11. The topological polar surface area (TPSA) is 37.3 Å². The molecular weight excluding hydrogens is 167 g/mol. The molecule has 0 aromatic rings. The molecule has 0 heterocycles. The maximum atomic E-state index is 10.5. The number of hydrogen-bond acceptors (Lipinski definition) is 1. The van der Waals surface area contributed by atoms with E-state index in [-0.39, 0.29) is 57.3 Å². The van der Waals surface area contributed by atoms with Crippen LogP contribution >= 0.6 is 0 Å². The van der Waals surface area contributed by atoms with Crippen LogP contribution in [0, 0.1) is 5.92 Å². The Balaban J connectivity index is 0. The summed E-state index contributed by atoms with van der Waals surface area (Å²) in [6.45, 7) is 4.04.